The molecule has 7 heteroatoms. The average Bonchev–Trinajstić information content (AvgIpc) is 3.08. The first-order valence-corrected chi connectivity index (χ1v) is 11.0. The molecule has 0 saturated heterocycles. The topological polar surface area (TPSA) is 60.7 Å². The lowest BCUT2D eigenvalue weighted by Gasteiger charge is -2.56. The van der Waals surface area contributed by atoms with Crippen LogP contribution in [0.4, 0.5) is 0 Å². The Morgan fingerprint density at radius 1 is 1.15 bits per heavy atom. The van der Waals surface area contributed by atoms with Crippen LogP contribution in [-0.4, -0.2) is 31.2 Å². The fraction of sp³-hybridized carbons (Fsp3) is 0.600. The van der Waals surface area contributed by atoms with E-state index in [0.29, 0.717) is 16.0 Å². The van der Waals surface area contributed by atoms with Gasteiger partial charge in [-0.3, -0.25) is 4.79 Å². The molecule has 0 spiro atoms. The van der Waals surface area contributed by atoms with Gasteiger partial charge in [-0.25, -0.2) is 0 Å². The SMILES string of the molecule is CC(Sc1nnnn1-c1ccc(Cl)cc1)C(=O)C12CC3CC(CC(C3)C1)C2. The molecule has 4 aliphatic rings. The van der Waals surface area contributed by atoms with E-state index in [-0.39, 0.29) is 10.7 Å². The summed E-state index contributed by atoms with van der Waals surface area (Å²) in [5, 5.41) is 13.3. The molecule has 4 fully saturated rings. The molecule has 1 aromatic heterocycles. The number of hydrogen-bond donors (Lipinski definition) is 0. The van der Waals surface area contributed by atoms with Crippen LogP contribution in [0.2, 0.25) is 5.02 Å². The third-order valence-electron chi connectivity index (χ3n) is 6.72. The van der Waals surface area contributed by atoms with E-state index in [1.54, 1.807) is 4.68 Å². The first kappa shape index (κ1) is 17.7. The molecule has 0 N–H and O–H groups in total. The summed E-state index contributed by atoms with van der Waals surface area (Å²) in [5.74, 6) is 2.74. The molecule has 5 nitrogen and oxygen atoms in total. The highest BCUT2D eigenvalue weighted by molar-refractivity contribution is 8.00. The standard InChI is InChI=1S/C20H23ClN4OS/c1-12(18(26)20-9-13-6-14(10-20)8-15(7-13)11-20)27-19-22-23-24-25(19)17-4-2-16(21)3-5-17/h2-5,12-15H,6-11H2,1H3. The maximum Gasteiger partial charge on any atom is 0.214 e. The minimum Gasteiger partial charge on any atom is -0.298 e. The van der Waals surface area contributed by atoms with Crippen molar-refractivity contribution in [3.63, 3.8) is 0 Å². The molecule has 4 saturated carbocycles. The number of halogens is 1. The number of rotatable bonds is 5. The molecular weight excluding hydrogens is 380 g/mol. The van der Waals surface area contributed by atoms with Crippen LogP contribution in [0.15, 0.2) is 29.4 Å². The zero-order valence-electron chi connectivity index (χ0n) is 15.3. The van der Waals surface area contributed by atoms with E-state index in [1.165, 1.54) is 31.0 Å². The molecule has 0 amide bonds. The van der Waals surface area contributed by atoms with Gasteiger partial charge in [0.25, 0.3) is 0 Å². The van der Waals surface area contributed by atoms with E-state index in [1.807, 2.05) is 31.2 Å². The van der Waals surface area contributed by atoms with Gasteiger partial charge in [0.1, 0.15) is 0 Å². The monoisotopic (exact) mass is 402 g/mol. The van der Waals surface area contributed by atoms with Crippen molar-refractivity contribution in [2.75, 3.05) is 0 Å². The zero-order valence-corrected chi connectivity index (χ0v) is 16.9. The number of ketones is 1. The summed E-state index contributed by atoms with van der Waals surface area (Å²) in [4.78, 5) is 13.5. The summed E-state index contributed by atoms with van der Waals surface area (Å²) in [6, 6.07) is 7.40. The highest BCUT2D eigenvalue weighted by Crippen LogP contribution is 2.61. The van der Waals surface area contributed by atoms with Crippen molar-refractivity contribution in [1.29, 1.82) is 0 Å². The number of tetrazole rings is 1. The molecule has 4 aliphatic carbocycles. The second kappa shape index (κ2) is 6.59. The predicted octanol–water partition coefficient (Wildman–Crippen LogP) is 4.58. The Hall–Kier alpha value is -1.40. The van der Waals surface area contributed by atoms with Crippen molar-refractivity contribution < 1.29 is 4.79 Å². The van der Waals surface area contributed by atoms with Crippen LogP contribution in [0.1, 0.15) is 45.4 Å². The number of Topliss-reactive ketones (excluding diaryl/α,β-unsaturated/α-hetero) is 1. The molecule has 1 aromatic carbocycles. The number of aromatic nitrogens is 4. The van der Waals surface area contributed by atoms with E-state index in [4.69, 9.17) is 11.6 Å². The van der Waals surface area contributed by atoms with Gasteiger partial charge in [0.15, 0.2) is 5.78 Å². The summed E-state index contributed by atoms with van der Waals surface area (Å²) in [5.41, 5.74) is 0.765. The van der Waals surface area contributed by atoms with Crippen LogP contribution in [0.25, 0.3) is 5.69 Å². The van der Waals surface area contributed by atoms with Gasteiger partial charge in [0.05, 0.1) is 10.9 Å². The first-order chi connectivity index (χ1) is 13.0. The number of carbonyl (C=O) groups excluding carboxylic acids is 1. The van der Waals surface area contributed by atoms with Crippen molar-refractivity contribution in [2.45, 2.75) is 55.9 Å². The minimum atomic E-state index is -0.140. The summed E-state index contributed by atoms with van der Waals surface area (Å²) in [6.45, 7) is 2.02. The van der Waals surface area contributed by atoms with Crippen molar-refractivity contribution in [3.05, 3.63) is 29.3 Å². The fourth-order valence-corrected chi connectivity index (χ4v) is 7.18. The number of thioether (sulfide) groups is 1. The van der Waals surface area contributed by atoms with Crippen molar-refractivity contribution >= 4 is 29.1 Å². The van der Waals surface area contributed by atoms with Gasteiger partial charge in [-0.1, -0.05) is 23.4 Å². The number of hydrogen-bond acceptors (Lipinski definition) is 5. The van der Waals surface area contributed by atoms with Gasteiger partial charge in [-0.15, -0.1) is 5.10 Å². The highest BCUT2D eigenvalue weighted by Gasteiger charge is 2.55. The van der Waals surface area contributed by atoms with E-state index < -0.39 is 0 Å². The Morgan fingerprint density at radius 2 is 1.74 bits per heavy atom. The smallest absolute Gasteiger partial charge is 0.214 e. The van der Waals surface area contributed by atoms with Crippen molar-refractivity contribution in [1.82, 2.24) is 20.2 Å². The Balaban J connectivity index is 1.35. The molecule has 1 atom stereocenters. The second-order valence-electron chi connectivity index (χ2n) is 8.67. The van der Waals surface area contributed by atoms with Crippen LogP contribution < -0.4 is 0 Å². The Labute approximate surface area is 168 Å². The molecule has 27 heavy (non-hydrogen) atoms. The second-order valence-corrected chi connectivity index (χ2v) is 10.4. The van der Waals surface area contributed by atoms with Gasteiger partial charge >= 0.3 is 0 Å². The van der Waals surface area contributed by atoms with Gasteiger partial charge < -0.3 is 0 Å². The molecule has 6 rings (SSSR count). The zero-order chi connectivity index (χ0) is 18.6. The van der Waals surface area contributed by atoms with Gasteiger partial charge in [-0.05, 0) is 97.9 Å². The summed E-state index contributed by atoms with van der Waals surface area (Å²) < 4.78 is 1.68. The lowest BCUT2D eigenvalue weighted by molar-refractivity contribution is -0.142. The highest BCUT2D eigenvalue weighted by atomic mass is 35.5. The average molecular weight is 403 g/mol. The normalized spacial score (nSPS) is 32.6. The quantitative estimate of drug-likeness (QED) is 0.685. The lowest BCUT2D eigenvalue weighted by Crippen LogP contribution is -2.51. The Morgan fingerprint density at radius 3 is 2.33 bits per heavy atom. The van der Waals surface area contributed by atoms with Crippen LogP contribution in [-0.2, 0) is 4.79 Å². The Kier molecular flexibility index (Phi) is 4.32. The third kappa shape index (κ3) is 3.11. The van der Waals surface area contributed by atoms with Gasteiger partial charge in [0.2, 0.25) is 5.16 Å². The number of nitrogens with zero attached hydrogens (tertiary/aromatic N) is 4. The maximum atomic E-state index is 13.5. The molecule has 142 valence electrons. The van der Waals surface area contributed by atoms with E-state index in [9.17, 15) is 4.79 Å². The van der Waals surface area contributed by atoms with E-state index >= 15 is 0 Å². The van der Waals surface area contributed by atoms with Gasteiger partial charge in [-0.2, -0.15) is 4.68 Å². The fourth-order valence-electron chi connectivity index (χ4n) is 6.05. The maximum absolute atomic E-state index is 13.5. The minimum absolute atomic E-state index is 0.0836. The molecule has 1 heterocycles. The number of carbonyl (C=O) groups is 1. The summed E-state index contributed by atoms with van der Waals surface area (Å²) in [6.07, 6.45) is 7.36. The summed E-state index contributed by atoms with van der Waals surface area (Å²) >= 11 is 7.46. The molecule has 4 bridgehead atoms. The van der Waals surface area contributed by atoms with E-state index in [0.717, 1.165) is 42.7 Å². The van der Waals surface area contributed by atoms with Crippen LogP contribution >= 0.6 is 23.4 Å². The van der Waals surface area contributed by atoms with Gasteiger partial charge in [0, 0.05) is 10.4 Å². The summed E-state index contributed by atoms with van der Waals surface area (Å²) in [7, 11) is 0. The molecule has 2 aromatic rings. The molecule has 1 unspecified atom stereocenters. The lowest BCUT2D eigenvalue weighted by atomic mass is 9.48. The van der Waals surface area contributed by atoms with Crippen LogP contribution in [0, 0.1) is 23.2 Å². The van der Waals surface area contributed by atoms with Crippen LogP contribution in [0.3, 0.4) is 0 Å². The molecular formula is C20H23ClN4OS. The van der Waals surface area contributed by atoms with Crippen molar-refractivity contribution in [3.8, 4) is 5.69 Å². The predicted molar refractivity (Wildman–Crippen MR) is 105 cm³/mol. The van der Waals surface area contributed by atoms with Crippen LogP contribution in [0.5, 0.6) is 0 Å². The Bertz CT molecular complexity index is 830. The third-order valence-corrected chi connectivity index (χ3v) is 8.01. The van der Waals surface area contributed by atoms with E-state index in [2.05, 4.69) is 15.5 Å². The van der Waals surface area contributed by atoms with Crippen molar-refractivity contribution in [2.24, 2.45) is 23.2 Å². The number of benzene rings is 1. The first-order valence-electron chi connectivity index (χ1n) is 9.78. The largest absolute Gasteiger partial charge is 0.298 e. The molecule has 0 aliphatic heterocycles. The molecule has 0 radical (unpaired) electrons.